The summed E-state index contributed by atoms with van der Waals surface area (Å²) in [4.78, 5) is 5.31. The van der Waals surface area contributed by atoms with Gasteiger partial charge in [-0.2, -0.15) is 4.80 Å². The first kappa shape index (κ1) is 19.8. The van der Waals surface area contributed by atoms with Gasteiger partial charge in [0.15, 0.2) is 11.5 Å². The van der Waals surface area contributed by atoms with Gasteiger partial charge in [0.1, 0.15) is 0 Å². The van der Waals surface area contributed by atoms with Crippen LogP contribution in [0.2, 0.25) is 0 Å². The molecular formula is C21H27N5O2S. The van der Waals surface area contributed by atoms with Gasteiger partial charge in [-0.1, -0.05) is 12.1 Å². The van der Waals surface area contributed by atoms with E-state index in [0.717, 1.165) is 42.6 Å². The molecule has 1 saturated heterocycles. The van der Waals surface area contributed by atoms with Gasteiger partial charge >= 0.3 is 0 Å². The SMILES string of the molecule is CCOc1ccc(CN2CCC[C@@H](Cn3nnc(-c4cccs4)n3)C2)cc1OC. The van der Waals surface area contributed by atoms with Gasteiger partial charge in [-0.05, 0) is 66.6 Å². The summed E-state index contributed by atoms with van der Waals surface area (Å²) in [5, 5.41) is 15.1. The number of rotatable bonds is 8. The number of hydrogen-bond acceptors (Lipinski definition) is 7. The number of tetrazole rings is 1. The van der Waals surface area contributed by atoms with Crippen LogP contribution in [0.25, 0.3) is 10.7 Å². The molecule has 1 fully saturated rings. The Bertz CT molecular complexity index is 912. The van der Waals surface area contributed by atoms with Gasteiger partial charge in [-0.15, -0.1) is 21.5 Å². The number of piperidine rings is 1. The molecule has 1 aliphatic rings. The third-order valence-corrected chi connectivity index (χ3v) is 6.02. The average molecular weight is 414 g/mol. The van der Waals surface area contributed by atoms with E-state index < -0.39 is 0 Å². The first-order chi connectivity index (χ1) is 14.2. The molecule has 0 spiro atoms. The van der Waals surface area contributed by atoms with Crippen molar-refractivity contribution in [3.8, 4) is 22.2 Å². The molecule has 0 bridgehead atoms. The molecule has 3 heterocycles. The lowest BCUT2D eigenvalue weighted by atomic mass is 9.97. The number of likely N-dealkylation sites (tertiary alicyclic amines) is 1. The lowest BCUT2D eigenvalue weighted by Crippen LogP contribution is -2.36. The molecule has 3 aromatic rings. The monoisotopic (exact) mass is 413 g/mol. The third kappa shape index (κ3) is 4.94. The van der Waals surface area contributed by atoms with Crippen LogP contribution in [0.15, 0.2) is 35.7 Å². The van der Waals surface area contributed by atoms with Crippen molar-refractivity contribution in [3.63, 3.8) is 0 Å². The molecular weight excluding hydrogens is 386 g/mol. The predicted octanol–water partition coefficient (Wildman–Crippen LogP) is 3.72. The van der Waals surface area contributed by atoms with Crippen molar-refractivity contribution >= 4 is 11.3 Å². The standard InChI is InChI=1S/C21H27N5O2S/c1-3-28-18-9-8-16(12-19(18)27-2)13-25-10-4-6-17(14-25)15-26-23-21(22-24-26)20-7-5-11-29-20/h5,7-9,11-12,17H,3-4,6,10,13-15H2,1-2H3/t17-/m1/s1. The minimum Gasteiger partial charge on any atom is -0.493 e. The van der Waals surface area contributed by atoms with Crippen LogP contribution in [-0.2, 0) is 13.1 Å². The second-order valence-electron chi connectivity index (χ2n) is 7.31. The molecule has 1 aliphatic heterocycles. The highest BCUT2D eigenvalue weighted by atomic mass is 32.1. The highest BCUT2D eigenvalue weighted by Gasteiger charge is 2.22. The van der Waals surface area contributed by atoms with Gasteiger partial charge in [0.2, 0.25) is 5.82 Å². The van der Waals surface area contributed by atoms with Gasteiger partial charge in [-0.3, -0.25) is 4.90 Å². The molecule has 8 heteroatoms. The van der Waals surface area contributed by atoms with Crippen LogP contribution < -0.4 is 9.47 Å². The zero-order valence-electron chi connectivity index (χ0n) is 17.0. The summed E-state index contributed by atoms with van der Waals surface area (Å²) in [7, 11) is 1.69. The van der Waals surface area contributed by atoms with Crippen LogP contribution in [0.4, 0.5) is 0 Å². The molecule has 29 heavy (non-hydrogen) atoms. The fourth-order valence-electron chi connectivity index (χ4n) is 3.84. The van der Waals surface area contributed by atoms with E-state index in [2.05, 4.69) is 32.4 Å². The smallest absolute Gasteiger partial charge is 0.214 e. The van der Waals surface area contributed by atoms with E-state index in [1.54, 1.807) is 23.2 Å². The highest BCUT2D eigenvalue weighted by molar-refractivity contribution is 7.13. The highest BCUT2D eigenvalue weighted by Crippen LogP contribution is 2.29. The Balaban J connectivity index is 1.36. The van der Waals surface area contributed by atoms with E-state index in [-0.39, 0.29) is 0 Å². The Hall–Kier alpha value is -2.45. The van der Waals surface area contributed by atoms with Crippen molar-refractivity contribution in [1.29, 1.82) is 0 Å². The quantitative estimate of drug-likeness (QED) is 0.561. The van der Waals surface area contributed by atoms with Crippen LogP contribution in [0.1, 0.15) is 25.3 Å². The molecule has 0 unspecified atom stereocenters. The first-order valence-electron chi connectivity index (χ1n) is 10.1. The van der Waals surface area contributed by atoms with E-state index in [1.807, 2.05) is 30.5 Å². The fourth-order valence-corrected chi connectivity index (χ4v) is 4.49. The molecule has 1 atom stereocenters. The van der Waals surface area contributed by atoms with Gasteiger partial charge in [-0.25, -0.2) is 0 Å². The molecule has 0 aliphatic carbocycles. The zero-order valence-corrected chi connectivity index (χ0v) is 17.8. The van der Waals surface area contributed by atoms with Gasteiger partial charge < -0.3 is 9.47 Å². The van der Waals surface area contributed by atoms with E-state index in [9.17, 15) is 0 Å². The number of benzene rings is 1. The molecule has 4 rings (SSSR count). The van der Waals surface area contributed by atoms with E-state index in [4.69, 9.17) is 9.47 Å². The number of nitrogens with zero attached hydrogens (tertiary/aromatic N) is 5. The fraction of sp³-hybridized carbons (Fsp3) is 0.476. The molecule has 154 valence electrons. The van der Waals surface area contributed by atoms with Gasteiger partial charge in [0.25, 0.3) is 0 Å². The van der Waals surface area contributed by atoms with Crippen LogP contribution in [-0.4, -0.2) is 51.9 Å². The number of methoxy groups -OCH3 is 1. The molecule has 2 aromatic heterocycles. The van der Waals surface area contributed by atoms with Crippen molar-refractivity contribution in [2.45, 2.75) is 32.9 Å². The van der Waals surface area contributed by atoms with Crippen molar-refractivity contribution in [3.05, 3.63) is 41.3 Å². The first-order valence-corrected chi connectivity index (χ1v) is 11.0. The lowest BCUT2D eigenvalue weighted by molar-refractivity contribution is 0.149. The molecule has 0 N–H and O–H groups in total. The van der Waals surface area contributed by atoms with Gasteiger partial charge in [0.05, 0.1) is 25.1 Å². The Kier molecular flexibility index (Phi) is 6.41. The Morgan fingerprint density at radius 3 is 2.97 bits per heavy atom. The minimum atomic E-state index is 0.527. The normalized spacial score (nSPS) is 17.4. The topological polar surface area (TPSA) is 65.3 Å². The van der Waals surface area contributed by atoms with Crippen LogP contribution in [0, 0.1) is 5.92 Å². The Morgan fingerprint density at radius 1 is 1.24 bits per heavy atom. The molecule has 0 amide bonds. The maximum Gasteiger partial charge on any atom is 0.214 e. The maximum absolute atomic E-state index is 5.62. The molecule has 7 nitrogen and oxygen atoms in total. The van der Waals surface area contributed by atoms with Gasteiger partial charge in [0, 0.05) is 13.1 Å². The average Bonchev–Trinajstić information content (AvgIpc) is 3.41. The van der Waals surface area contributed by atoms with Crippen molar-refractivity contribution in [1.82, 2.24) is 25.1 Å². The number of thiophene rings is 1. The number of aromatic nitrogens is 4. The van der Waals surface area contributed by atoms with Crippen LogP contribution >= 0.6 is 11.3 Å². The van der Waals surface area contributed by atoms with Crippen molar-refractivity contribution in [2.24, 2.45) is 5.92 Å². The minimum absolute atomic E-state index is 0.527. The number of ether oxygens (including phenoxy) is 2. The summed E-state index contributed by atoms with van der Waals surface area (Å²) in [6.45, 7) is 6.47. The van der Waals surface area contributed by atoms with Crippen molar-refractivity contribution < 1.29 is 9.47 Å². The lowest BCUT2D eigenvalue weighted by Gasteiger charge is -2.32. The second kappa shape index (κ2) is 9.37. The second-order valence-corrected chi connectivity index (χ2v) is 8.25. The molecule has 0 radical (unpaired) electrons. The van der Waals surface area contributed by atoms with E-state index in [0.29, 0.717) is 18.3 Å². The predicted molar refractivity (Wildman–Crippen MR) is 113 cm³/mol. The summed E-state index contributed by atoms with van der Waals surface area (Å²) in [5.74, 6) is 2.84. The van der Waals surface area contributed by atoms with Crippen LogP contribution in [0.5, 0.6) is 11.5 Å². The molecule has 0 saturated carbocycles. The summed E-state index contributed by atoms with van der Waals surface area (Å²) in [6, 6.07) is 10.3. The van der Waals surface area contributed by atoms with Crippen molar-refractivity contribution in [2.75, 3.05) is 26.8 Å². The maximum atomic E-state index is 5.62. The van der Waals surface area contributed by atoms with E-state index >= 15 is 0 Å². The van der Waals surface area contributed by atoms with Crippen LogP contribution in [0.3, 0.4) is 0 Å². The Morgan fingerprint density at radius 2 is 2.17 bits per heavy atom. The summed E-state index contributed by atoms with van der Waals surface area (Å²) in [5.41, 5.74) is 1.24. The number of hydrogen-bond donors (Lipinski definition) is 0. The summed E-state index contributed by atoms with van der Waals surface area (Å²) >= 11 is 1.64. The largest absolute Gasteiger partial charge is 0.493 e. The summed E-state index contributed by atoms with van der Waals surface area (Å²) < 4.78 is 11.1. The molecule has 1 aromatic carbocycles. The Labute approximate surface area is 175 Å². The third-order valence-electron chi connectivity index (χ3n) is 5.15. The summed E-state index contributed by atoms with van der Waals surface area (Å²) in [6.07, 6.45) is 2.38. The zero-order chi connectivity index (χ0) is 20.1. The van der Waals surface area contributed by atoms with E-state index in [1.165, 1.54) is 18.4 Å².